The van der Waals surface area contributed by atoms with Crippen molar-refractivity contribution in [2.24, 2.45) is 0 Å². The number of anilines is 1. The molecule has 0 saturated carbocycles. The first-order valence-electron chi connectivity index (χ1n) is 4.61. The van der Waals surface area contributed by atoms with Gasteiger partial charge in [0.2, 0.25) is 5.91 Å². The van der Waals surface area contributed by atoms with E-state index < -0.39 is 17.6 Å². The lowest BCUT2D eigenvalue weighted by Crippen LogP contribution is -2.13. The Kier molecular flexibility index (Phi) is 4.70. The monoisotopic (exact) mass is 283 g/mol. The molecule has 94 valence electrons. The number of carbonyl (C=O) groups excluding carboxylic acids is 1. The van der Waals surface area contributed by atoms with E-state index in [0.717, 1.165) is 12.1 Å². The first kappa shape index (κ1) is 14.2. The van der Waals surface area contributed by atoms with Crippen molar-refractivity contribution >= 4 is 35.8 Å². The van der Waals surface area contributed by atoms with E-state index in [-0.39, 0.29) is 17.1 Å². The molecule has 0 saturated heterocycles. The third-order valence-corrected chi connectivity index (χ3v) is 2.29. The molecule has 0 heterocycles. The molecule has 0 unspecified atom stereocenters. The van der Waals surface area contributed by atoms with Crippen LogP contribution in [0.2, 0.25) is 5.02 Å². The van der Waals surface area contributed by atoms with Crippen molar-refractivity contribution < 1.29 is 18.0 Å². The smallest absolute Gasteiger partial charge is 0.326 e. The van der Waals surface area contributed by atoms with Crippen LogP contribution in [0, 0.1) is 0 Å². The van der Waals surface area contributed by atoms with E-state index in [0.29, 0.717) is 5.75 Å². The number of halogens is 4. The molecule has 2 nitrogen and oxygen atoms in total. The summed E-state index contributed by atoms with van der Waals surface area (Å²) in [6, 6.07) is 2.89. The third kappa shape index (κ3) is 4.47. The van der Waals surface area contributed by atoms with Crippen LogP contribution in [0.15, 0.2) is 18.2 Å². The van der Waals surface area contributed by atoms with Crippen LogP contribution >= 0.6 is 24.2 Å². The fraction of sp³-hybridized carbons (Fsp3) is 0.300. The maximum absolute atomic E-state index is 12.4. The average molecular weight is 284 g/mol. The standard InChI is InChI=1S/C10H9ClF3NOS/c11-7-3-6(10(12,13)14)4-8(5-7)15-9(16)1-2-17/h3-5,17H,1-2H2,(H,15,16). The maximum atomic E-state index is 12.4. The molecular weight excluding hydrogens is 275 g/mol. The van der Waals surface area contributed by atoms with E-state index in [9.17, 15) is 18.0 Å². The minimum atomic E-state index is -4.49. The fourth-order valence-electron chi connectivity index (χ4n) is 1.15. The van der Waals surface area contributed by atoms with Crippen LogP contribution in [0.4, 0.5) is 18.9 Å². The summed E-state index contributed by atoms with van der Waals surface area (Å²) in [7, 11) is 0. The Morgan fingerprint density at radius 2 is 2.00 bits per heavy atom. The van der Waals surface area contributed by atoms with Crippen LogP contribution < -0.4 is 5.32 Å². The van der Waals surface area contributed by atoms with Crippen molar-refractivity contribution in [1.29, 1.82) is 0 Å². The van der Waals surface area contributed by atoms with Crippen LogP contribution in [0.3, 0.4) is 0 Å². The van der Waals surface area contributed by atoms with Gasteiger partial charge in [0, 0.05) is 17.1 Å². The lowest BCUT2D eigenvalue weighted by atomic mass is 10.2. The van der Waals surface area contributed by atoms with Crippen LogP contribution in [-0.2, 0) is 11.0 Å². The Morgan fingerprint density at radius 1 is 1.35 bits per heavy atom. The summed E-state index contributed by atoms with van der Waals surface area (Å²) in [5.41, 5.74) is -0.872. The average Bonchev–Trinajstić information content (AvgIpc) is 2.15. The largest absolute Gasteiger partial charge is 0.416 e. The molecule has 0 aliphatic carbocycles. The summed E-state index contributed by atoms with van der Waals surface area (Å²) in [5.74, 6) is -0.0891. The maximum Gasteiger partial charge on any atom is 0.416 e. The molecule has 0 fully saturated rings. The number of benzene rings is 1. The van der Waals surface area contributed by atoms with Gasteiger partial charge in [0.05, 0.1) is 5.56 Å². The number of hydrogen-bond donors (Lipinski definition) is 2. The van der Waals surface area contributed by atoms with Gasteiger partial charge in [-0.15, -0.1) is 0 Å². The number of thiol groups is 1. The highest BCUT2D eigenvalue weighted by Gasteiger charge is 2.31. The molecule has 1 aromatic carbocycles. The summed E-state index contributed by atoms with van der Waals surface area (Å²) in [5, 5.41) is 2.24. The predicted octanol–water partition coefficient (Wildman–Crippen LogP) is 3.62. The van der Waals surface area contributed by atoms with Crippen molar-refractivity contribution in [3.63, 3.8) is 0 Å². The molecular formula is C10H9ClF3NOS. The summed E-state index contributed by atoms with van der Waals surface area (Å²) in [6.45, 7) is 0. The summed E-state index contributed by atoms with van der Waals surface area (Å²) >= 11 is 9.40. The number of rotatable bonds is 3. The van der Waals surface area contributed by atoms with Crippen LogP contribution in [-0.4, -0.2) is 11.7 Å². The Hall–Kier alpha value is -0.880. The van der Waals surface area contributed by atoms with Crippen LogP contribution in [0.1, 0.15) is 12.0 Å². The first-order valence-corrected chi connectivity index (χ1v) is 5.62. The van der Waals surface area contributed by atoms with Gasteiger partial charge in [0.1, 0.15) is 0 Å². The van der Waals surface area contributed by atoms with Gasteiger partial charge in [-0.1, -0.05) is 11.6 Å². The van der Waals surface area contributed by atoms with Gasteiger partial charge in [-0.3, -0.25) is 4.79 Å². The van der Waals surface area contributed by atoms with Crippen molar-refractivity contribution in [3.05, 3.63) is 28.8 Å². The van der Waals surface area contributed by atoms with Gasteiger partial charge in [-0.25, -0.2) is 0 Å². The Labute approximate surface area is 107 Å². The van der Waals surface area contributed by atoms with Gasteiger partial charge in [0.15, 0.2) is 0 Å². The number of carbonyl (C=O) groups is 1. The summed E-state index contributed by atoms with van der Waals surface area (Å²) in [6.07, 6.45) is -4.37. The molecule has 1 amide bonds. The topological polar surface area (TPSA) is 29.1 Å². The zero-order valence-corrected chi connectivity index (χ0v) is 10.2. The number of hydrogen-bond acceptors (Lipinski definition) is 2. The van der Waals surface area contributed by atoms with E-state index in [1.165, 1.54) is 6.07 Å². The molecule has 0 spiro atoms. The third-order valence-electron chi connectivity index (χ3n) is 1.85. The van der Waals surface area contributed by atoms with Gasteiger partial charge in [-0.2, -0.15) is 25.8 Å². The molecule has 17 heavy (non-hydrogen) atoms. The molecule has 0 radical (unpaired) electrons. The second-order valence-corrected chi connectivity index (χ2v) is 4.13. The Balaban J connectivity index is 2.94. The van der Waals surface area contributed by atoms with Gasteiger partial charge in [0.25, 0.3) is 0 Å². The summed E-state index contributed by atoms with van der Waals surface area (Å²) < 4.78 is 37.3. The van der Waals surface area contributed by atoms with Crippen LogP contribution in [0.5, 0.6) is 0 Å². The van der Waals surface area contributed by atoms with Gasteiger partial charge in [-0.05, 0) is 24.0 Å². The molecule has 1 rings (SSSR count). The Bertz CT molecular complexity index is 423. The van der Waals surface area contributed by atoms with Crippen molar-refractivity contribution in [1.82, 2.24) is 0 Å². The fourth-order valence-corrected chi connectivity index (χ4v) is 1.59. The molecule has 0 atom stereocenters. The first-order chi connectivity index (χ1) is 7.82. The molecule has 0 aliphatic rings. The molecule has 7 heteroatoms. The molecule has 1 aromatic rings. The van der Waals surface area contributed by atoms with E-state index in [4.69, 9.17) is 11.6 Å². The zero-order valence-electron chi connectivity index (χ0n) is 8.51. The number of amides is 1. The van der Waals surface area contributed by atoms with Crippen molar-refractivity contribution in [2.75, 3.05) is 11.1 Å². The van der Waals surface area contributed by atoms with Crippen molar-refractivity contribution in [2.45, 2.75) is 12.6 Å². The molecule has 0 aliphatic heterocycles. The van der Waals surface area contributed by atoms with Crippen LogP contribution in [0.25, 0.3) is 0 Å². The quantitative estimate of drug-likeness (QED) is 0.815. The molecule has 0 aromatic heterocycles. The lowest BCUT2D eigenvalue weighted by molar-refractivity contribution is -0.137. The summed E-state index contributed by atoms with van der Waals surface area (Å²) in [4.78, 5) is 11.2. The second kappa shape index (κ2) is 5.64. The van der Waals surface area contributed by atoms with E-state index in [1.54, 1.807) is 0 Å². The minimum absolute atomic E-state index is 0.0246. The minimum Gasteiger partial charge on any atom is -0.326 e. The zero-order chi connectivity index (χ0) is 13.1. The second-order valence-electron chi connectivity index (χ2n) is 3.25. The Morgan fingerprint density at radius 3 is 2.53 bits per heavy atom. The lowest BCUT2D eigenvalue weighted by Gasteiger charge is -2.10. The highest BCUT2D eigenvalue weighted by atomic mass is 35.5. The molecule has 1 N–H and O–H groups in total. The number of alkyl halides is 3. The van der Waals surface area contributed by atoms with Gasteiger partial charge >= 0.3 is 6.18 Å². The van der Waals surface area contributed by atoms with E-state index in [2.05, 4.69) is 17.9 Å². The SMILES string of the molecule is O=C(CCS)Nc1cc(Cl)cc(C(F)(F)F)c1. The highest BCUT2D eigenvalue weighted by Crippen LogP contribution is 2.33. The van der Waals surface area contributed by atoms with Gasteiger partial charge < -0.3 is 5.32 Å². The van der Waals surface area contributed by atoms with Crippen molar-refractivity contribution in [3.8, 4) is 0 Å². The van der Waals surface area contributed by atoms with E-state index in [1.807, 2.05) is 0 Å². The molecule has 0 bridgehead atoms. The highest BCUT2D eigenvalue weighted by molar-refractivity contribution is 7.80. The normalized spacial score (nSPS) is 11.4. The number of nitrogens with one attached hydrogen (secondary N) is 1. The van der Waals surface area contributed by atoms with E-state index >= 15 is 0 Å². The predicted molar refractivity (Wildman–Crippen MR) is 63.6 cm³/mol.